The molecule has 1 N–H and O–H groups in total. The normalized spacial score (nSPS) is 17.6. The Balaban J connectivity index is 2.12. The SMILES string of the molecule is CCC1(CC)CSC(Nc2cccc(C(C)C)c2)=N1. The van der Waals surface area contributed by atoms with E-state index >= 15 is 0 Å². The highest BCUT2D eigenvalue weighted by Crippen LogP contribution is 2.34. The molecule has 0 radical (unpaired) electrons. The summed E-state index contributed by atoms with van der Waals surface area (Å²) in [6, 6.07) is 8.64. The highest BCUT2D eigenvalue weighted by Gasteiger charge is 2.32. The summed E-state index contributed by atoms with van der Waals surface area (Å²) in [7, 11) is 0. The number of aliphatic imine (C=N–C) groups is 1. The summed E-state index contributed by atoms with van der Waals surface area (Å²) < 4.78 is 0. The monoisotopic (exact) mass is 276 g/mol. The first-order chi connectivity index (χ1) is 9.08. The second-order valence-electron chi connectivity index (χ2n) is 5.54. The Hall–Kier alpha value is -0.960. The number of hydrogen-bond acceptors (Lipinski definition) is 3. The van der Waals surface area contributed by atoms with E-state index in [1.54, 1.807) is 0 Å². The molecule has 0 spiro atoms. The smallest absolute Gasteiger partial charge is 0.161 e. The Morgan fingerprint density at radius 3 is 2.63 bits per heavy atom. The molecule has 3 heteroatoms. The van der Waals surface area contributed by atoms with Gasteiger partial charge in [0.05, 0.1) is 5.54 Å². The number of amidine groups is 1. The lowest BCUT2D eigenvalue weighted by Crippen LogP contribution is -2.24. The van der Waals surface area contributed by atoms with Crippen LogP contribution in [0.15, 0.2) is 29.3 Å². The van der Waals surface area contributed by atoms with E-state index in [4.69, 9.17) is 4.99 Å². The zero-order chi connectivity index (χ0) is 13.9. The van der Waals surface area contributed by atoms with E-state index in [0.29, 0.717) is 5.92 Å². The summed E-state index contributed by atoms with van der Waals surface area (Å²) in [4.78, 5) is 4.89. The molecular formula is C16H24N2S. The maximum absolute atomic E-state index is 4.89. The molecule has 0 unspecified atom stereocenters. The standard InChI is InChI=1S/C16H24N2S/c1-5-16(6-2)11-19-15(18-16)17-14-9-7-8-13(10-14)12(3)4/h7-10,12H,5-6,11H2,1-4H3,(H,17,18). The molecule has 2 rings (SSSR count). The van der Waals surface area contributed by atoms with Crippen LogP contribution in [-0.2, 0) is 0 Å². The number of benzene rings is 1. The molecule has 0 saturated carbocycles. The number of nitrogens with one attached hydrogen (secondary N) is 1. The molecule has 0 aliphatic carbocycles. The Labute approximate surface area is 121 Å². The highest BCUT2D eigenvalue weighted by atomic mass is 32.2. The van der Waals surface area contributed by atoms with E-state index in [1.165, 1.54) is 5.56 Å². The third-order valence-corrected chi connectivity index (χ3v) is 5.09. The van der Waals surface area contributed by atoms with Crippen LogP contribution < -0.4 is 5.32 Å². The van der Waals surface area contributed by atoms with Crippen molar-refractivity contribution in [1.29, 1.82) is 0 Å². The van der Waals surface area contributed by atoms with Gasteiger partial charge in [0, 0.05) is 11.4 Å². The van der Waals surface area contributed by atoms with Gasteiger partial charge in [-0.25, -0.2) is 0 Å². The van der Waals surface area contributed by atoms with E-state index in [9.17, 15) is 0 Å². The van der Waals surface area contributed by atoms with Gasteiger partial charge in [0.1, 0.15) is 0 Å². The molecular weight excluding hydrogens is 252 g/mol. The van der Waals surface area contributed by atoms with Crippen molar-refractivity contribution in [2.45, 2.75) is 52.0 Å². The van der Waals surface area contributed by atoms with E-state index in [2.05, 4.69) is 57.3 Å². The topological polar surface area (TPSA) is 24.4 Å². The Kier molecular flexibility index (Phi) is 4.56. The van der Waals surface area contributed by atoms with Crippen molar-refractivity contribution in [3.05, 3.63) is 29.8 Å². The molecule has 0 atom stereocenters. The van der Waals surface area contributed by atoms with Gasteiger partial charge in [0.25, 0.3) is 0 Å². The molecule has 1 aromatic rings. The lowest BCUT2D eigenvalue weighted by molar-refractivity contribution is 0.456. The second-order valence-corrected chi connectivity index (χ2v) is 6.51. The summed E-state index contributed by atoms with van der Waals surface area (Å²) in [6.45, 7) is 8.91. The van der Waals surface area contributed by atoms with Gasteiger partial charge in [0.2, 0.25) is 0 Å². The van der Waals surface area contributed by atoms with Crippen LogP contribution in [0.3, 0.4) is 0 Å². The van der Waals surface area contributed by atoms with Gasteiger partial charge < -0.3 is 5.32 Å². The molecule has 1 aliphatic heterocycles. The number of rotatable bonds is 4. The highest BCUT2D eigenvalue weighted by molar-refractivity contribution is 8.14. The summed E-state index contributed by atoms with van der Waals surface area (Å²) in [6.07, 6.45) is 2.24. The van der Waals surface area contributed by atoms with Crippen molar-refractivity contribution in [2.75, 3.05) is 11.1 Å². The van der Waals surface area contributed by atoms with E-state index < -0.39 is 0 Å². The minimum Gasteiger partial charge on any atom is -0.335 e. The maximum atomic E-state index is 4.89. The molecule has 1 aromatic carbocycles. The number of hydrogen-bond donors (Lipinski definition) is 1. The number of thioether (sulfide) groups is 1. The van der Waals surface area contributed by atoms with E-state index in [1.807, 2.05) is 11.8 Å². The predicted molar refractivity (Wildman–Crippen MR) is 87.4 cm³/mol. The molecule has 0 aromatic heterocycles. The molecule has 2 nitrogen and oxygen atoms in total. The summed E-state index contributed by atoms with van der Waals surface area (Å²) in [5.74, 6) is 1.66. The number of anilines is 1. The zero-order valence-corrected chi connectivity index (χ0v) is 13.2. The fraction of sp³-hybridized carbons (Fsp3) is 0.562. The van der Waals surface area contributed by atoms with Crippen LogP contribution in [0.2, 0.25) is 0 Å². The lowest BCUT2D eigenvalue weighted by atomic mass is 9.97. The molecule has 0 fully saturated rings. The third-order valence-electron chi connectivity index (χ3n) is 3.94. The zero-order valence-electron chi connectivity index (χ0n) is 12.4. The van der Waals surface area contributed by atoms with Crippen LogP contribution in [0.5, 0.6) is 0 Å². The maximum Gasteiger partial charge on any atom is 0.161 e. The van der Waals surface area contributed by atoms with Gasteiger partial charge in [-0.05, 0) is 36.5 Å². The average molecular weight is 276 g/mol. The summed E-state index contributed by atoms with van der Waals surface area (Å²) in [5.41, 5.74) is 2.68. The first kappa shape index (κ1) is 14.4. The lowest BCUT2D eigenvalue weighted by Gasteiger charge is -2.20. The Morgan fingerprint density at radius 1 is 1.32 bits per heavy atom. The van der Waals surface area contributed by atoms with Crippen LogP contribution in [0, 0.1) is 0 Å². The fourth-order valence-corrected chi connectivity index (χ4v) is 3.58. The van der Waals surface area contributed by atoms with Crippen LogP contribution in [0.4, 0.5) is 5.69 Å². The first-order valence-corrected chi connectivity index (χ1v) is 8.17. The fourth-order valence-electron chi connectivity index (χ4n) is 2.26. The Morgan fingerprint density at radius 2 is 2.05 bits per heavy atom. The van der Waals surface area contributed by atoms with Crippen LogP contribution in [0.1, 0.15) is 52.0 Å². The molecule has 1 heterocycles. The van der Waals surface area contributed by atoms with Crippen molar-refractivity contribution in [1.82, 2.24) is 0 Å². The van der Waals surface area contributed by atoms with Crippen LogP contribution >= 0.6 is 11.8 Å². The largest absolute Gasteiger partial charge is 0.335 e. The van der Waals surface area contributed by atoms with Crippen molar-refractivity contribution in [3.8, 4) is 0 Å². The predicted octanol–water partition coefficient (Wildman–Crippen LogP) is 4.88. The number of nitrogens with zero attached hydrogens (tertiary/aromatic N) is 1. The van der Waals surface area contributed by atoms with Crippen molar-refractivity contribution in [2.24, 2.45) is 4.99 Å². The molecule has 0 amide bonds. The van der Waals surface area contributed by atoms with Crippen molar-refractivity contribution in [3.63, 3.8) is 0 Å². The minimum absolute atomic E-state index is 0.155. The quantitative estimate of drug-likeness (QED) is 0.847. The van der Waals surface area contributed by atoms with Crippen molar-refractivity contribution >= 4 is 22.6 Å². The van der Waals surface area contributed by atoms with E-state index in [0.717, 1.165) is 29.4 Å². The van der Waals surface area contributed by atoms with Gasteiger partial charge in [-0.1, -0.05) is 51.6 Å². The second kappa shape index (κ2) is 6.00. The summed E-state index contributed by atoms with van der Waals surface area (Å²) in [5, 5.41) is 4.55. The van der Waals surface area contributed by atoms with Gasteiger partial charge in [-0.2, -0.15) is 0 Å². The summed E-state index contributed by atoms with van der Waals surface area (Å²) >= 11 is 1.85. The molecule has 104 valence electrons. The third kappa shape index (κ3) is 3.33. The van der Waals surface area contributed by atoms with Gasteiger partial charge in [-0.15, -0.1) is 0 Å². The average Bonchev–Trinajstić information content (AvgIpc) is 2.83. The molecule has 1 aliphatic rings. The first-order valence-electron chi connectivity index (χ1n) is 7.18. The van der Waals surface area contributed by atoms with Crippen LogP contribution in [-0.4, -0.2) is 16.5 Å². The van der Waals surface area contributed by atoms with Crippen LogP contribution in [0.25, 0.3) is 0 Å². The van der Waals surface area contributed by atoms with E-state index in [-0.39, 0.29) is 5.54 Å². The van der Waals surface area contributed by atoms with Crippen molar-refractivity contribution < 1.29 is 0 Å². The Bertz CT molecular complexity index is 462. The molecule has 19 heavy (non-hydrogen) atoms. The van der Waals surface area contributed by atoms with Gasteiger partial charge in [0.15, 0.2) is 5.17 Å². The molecule has 0 bridgehead atoms. The van der Waals surface area contributed by atoms with Gasteiger partial charge >= 0.3 is 0 Å². The molecule has 0 saturated heterocycles. The van der Waals surface area contributed by atoms with Gasteiger partial charge in [-0.3, -0.25) is 4.99 Å². The minimum atomic E-state index is 0.155.